The minimum atomic E-state index is 0.0121. The Morgan fingerprint density at radius 2 is 1.85 bits per heavy atom. The molecular weight excluding hydrogens is 446 g/mol. The zero-order valence-corrected chi connectivity index (χ0v) is 20.6. The molecule has 1 aromatic carbocycles. The van der Waals surface area contributed by atoms with Gasteiger partial charge in [0.15, 0.2) is 0 Å². The highest BCUT2D eigenvalue weighted by Gasteiger charge is 2.30. The van der Waals surface area contributed by atoms with Gasteiger partial charge < -0.3 is 19.5 Å². The summed E-state index contributed by atoms with van der Waals surface area (Å²) in [5, 5.41) is 6.43. The van der Waals surface area contributed by atoms with E-state index < -0.39 is 0 Å². The molecule has 180 valence electrons. The molecule has 1 saturated carbocycles. The summed E-state index contributed by atoms with van der Waals surface area (Å²) in [6, 6.07) is 12.4. The number of carbonyl (C=O) groups is 2. The largest absolute Gasteiger partial charge is 0.497 e. The summed E-state index contributed by atoms with van der Waals surface area (Å²) >= 11 is 1.66. The van der Waals surface area contributed by atoms with Crippen LogP contribution in [-0.2, 0) is 11.3 Å². The Hall–Kier alpha value is -2.80. The summed E-state index contributed by atoms with van der Waals surface area (Å²) in [4.78, 5) is 29.4. The van der Waals surface area contributed by atoms with Gasteiger partial charge in [-0.15, -0.1) is 11.3 Å². The lowest BCUT2D eigenvalue weighted by Crippen LogP contribution is -2.46. The molecule has 3 heterocycles. The minimum Gasteiger partial charge on any atom is -0.497 e. The molecule has 3 aromatic rings. The molecule has 34 heavy (non-hydrogen) atoms. The maximum atomic E-state index is 13.6. The van der Waals surface area contributed by atoms with Crippen LogP contribution in [-0.4, -0.2) is 47.5 Å². The number of thiophene rings is 1. The average molecular weight is 480 g/mol. The van der Waals surface area contributed by atoms with Gasteiger partial charge in [0.1, 0.15) is 16.3 Å². The SMILES string of the molecule is COc1cccc(Cn2c(C(=O)N3CCC(C(=O)NC4CCCCC4)CC3)cc3ccsc32)c1. The van der Waals surface area contributed by atoms with Crippen LogP contribution in [0.3, 0.4) is 0 Å². The second kappa shape index (κ2) is 10.2. The van der Waals surface area contributed by atoms with Crippen LogP contribution >= 0.6 is 11.3 Å². The van der Waals surface area contributed by atoms with Crippen LogP contribution in [0, 0.1) is 5.92 Å². The fourth-order valence-electron chi connectivity index (χ4n) is 5.34. The average Bonchev–Trinajstić information content (AvgIpc) is 3.47. The first-order valence-corrected chi connectivity index (χ1v) is 13.3. The van der Waals surface area contributed by atoms with E-state index in [1.165, 1.54) is 19.3 Å². The first kappa shape index (κ1) is 23.0. The molecular formula is C27H33N3O3S. The van der Waals surface area contributed by atoms with Crippen molar-refractivity contribution in [1.82, 2.24) is 14.8 Å². The molecule has 1 aliphatic carbocycles. The van der Waals surface area contributed by atoms with Crippen molar-refractivity contribution < 1.29 is 14.3 Å². The van der Waals surface area contributed by atoms with Crippen molar-refractivity contribution in [3.8, 4) is 5.75 Å². The molecule has 1 saturated heterocycles. The third kappa shape index (κ3) is 4.85. The summed E-state index contributed by atoms with van der Waals surface area (Å²) in [7, 11) is 1.67. The van der Waals surface area contributed by atoms with Crippen LogP contribution in [0.15, 0.2) is 41.8 Å². The number of fused-ring (bicyclic) bond motifs is 1. The minimum absolute atomic E-state index is 0.0121. The Morgan fingerprint density at radius 3 is 2.62 bits per heavy atom. The fraction of sp³-hybridized carbons (Fsp3) is 0.481. The second-order valence-electron chi connectivity index (χ2n) is 9.56. The van der Waals surface area contributed by atoms with E-state index >= 15 is 0 Å². The van der Waals surface area contributed by atoms with Crippen molar-refractivity contribution >= 4 is 33.4 Å². The molecule has 0 unspecified atom stereocenters. The molecule has 2 aromatic heterocycles. The topological polar surface area (TPSA) is 63.6 Å². The highest BCUT2D eigenvalue weighted by Crippen LogP contribution is 2.29. The van der Waals surface area contributed by atoms with E-state index in [0.717, 1.165) is 52.9 Å². The van der Waals surface area contributed by atoms with Gasteiger partial charge in [-0.2, -0.15) is 0 Å². The lowest BCUT2D eigenvalue weighted by Gasteiger charge is -2.33. The maximum absolute atomic E-state index is 13.6. The van der Waals surface area contributed by atoms with E-state index in [4.69, 9.17) is 4.74 Å². The Morgan fingerprint density at radius 1 is 1.06 bits per heavy atom. The van der Waals surface area contributed by atoms with E-state index in [0.29, 0.717) is 25.7 Å². The van der Waals surface area contributed by atoms with E-state index in [9.17, 15) is 9.59 Å². The summed E-state index contributed by atoms with van der Waals surface area (Å²) in [5.41, 5.74) is 1.81. The smallest absolute Gasteiger partial charge is 0.270 e. The zero-order chi connectivity index (χ0) is 23.5. The number of nitrogens with zero attached hydrogens (tertiary/aromatic N) is 2. The number of carbonyl (C=O) groups excluding carboxylic acids is 2. The number of methoxy groups -OCH3 is 1. The monoisotopic (exact) mass is 479 g/mol. The summed E-state index contributed by atoms with van der Waals surface area (Å²) in [5.74, 6) is 1.06. The third-order valence-electron chi connectivity index (χ3n) is 7.30. The molecule has 1 N–H and O–H groups in total. The van der Waals surface area contributed by atoms with Crippen LogP contribution < -0.4 is 10.1 Å². The molecule has 2 amide bonds. The van der Waals surface area contributed by atoms with Crippen molar-refractivity contribution in [2.45, 2.75) is 57.5 Å². The maximum Gasteiger partial charge on any atom is 0.270 e. The molecule has 0 bridgehead atoms. The van der Waals surface area contributed by atoms with Crippen LogP contribution in [0.1, 0.15) is 61.0 Å². The normalized spacial score (nSPS) is 17.7. The molecule has 2 aliphatic rings. The van der Waals surface area contributed by atoms with Gasteiger partial charge in [0.25, 0.3) is 5.91 Å². The van der Waals surface area contributed by atoms with Gasteiger partial charge in [0.2, 0.25) is 5.91 Å². The highest BCUT2D eigenvalue weighted by molar-refractivity contribution is 7.16. The summed E-state index contributed by atoms with van der Waals surface area (Å²) in [6.45, 7) is 1.86. The van der Waals surface area contributed by atoms with Crippen LogP contribution in [0.4, 0.5) is 0 Å². The highest BCUT2D eigenvalue weighted by atomic mass is 32.1. The van der Waals surface area contributed by atoms with E-state index in [2.05, 4.69) is 27.4 Å². The summed E-state index contributed by atoms with van der Waals surface area (Å²) in [6.07, 6.45) is 7.37. The van der Waals surface area contributed by atoms with Crippen molar-refractivity contribution in [3.05, 3.63) is 53.0 Å². The molecule has 2 fully saturated rings. The Labute approximate surface area is 204 Å². The Kier molecular flexibility index (Phi) is 6.90. The van der Waals surface area contributed by atoms with Crippen molar-refractivity contribution in [2.75, 3.05) is 20.2 Å². The molecule has 0 atom stereocenters. The number of hydrogen-bond acceptors (Lipinski definition) is 4. The number of amides is 2. The van der Waals surface area contributed by atoms with Crippen LogP contribution in [0.2, 0.25) is 0 Å². The molecule has 1 aliphatic heterocycles. The van der Waals surface area contributed by atoms with E-state index in [1.54, 1.807) is 18.4 Å². The quantitative estimate of drug-likeness (QED) is 0.537. The van der Waals surface area contributed by atoms with Gasteiger partial charge in [-0.1, -0.05) is 31.4 Å². The van der Waals surface area contributed by atoms with E-state index in [-0.39, 0.29) is 17.7 Å². The van der Waals surface area contributed by atoms with Crippen molar-refractivity contribution in [1.29, 1.82) is 0 Å². The van der Waals surface area contributed by atoms with Crippen LogP contribution in [0.25, 0.3) is 10.2 Å². The molecule has 0 spiro atoms. The standard InChI is InChI=1S/C27H33N3O3S/c1-33-23-9-5-6-19(16-23)18-30-24(17-21-12-15-34-27(21)30)26(32)29-13-10-20(11-14-29)25(31)28-22-7-3-2-4-8-22/h5-6,9,12,15-17,20,22H,2-4,7-8,10-11,13-14,18H2,1H3,(H,28,31). The van der Waals surface area contributed by atoms with E-state index in [1.807, 2.05) is 29.2 Å². The summed E-state index contributed by atoms with van der Waals surface area (Å²) < 4.78 is 7.51. The molecule has 0 radical (unpaired) electrons. The number of rotatable bonds is 6. The number of nitrogens with one attached hydrogen (secondary N) is 1. The predicted molar refractivity (Wildman–Crippen MR) is 136 cm³/mol. The lowest BCUT2D eigenvalue weighted by atomic mass is 9.92. The van der Waals surface area contributed by atoms with Gasteiger partial charge in [-0.25, -0.2) is 0 Å². The number of likely N-dealkylation sites (tertiary alicyclic amines) is 1. The number of piperidine rings is 1. The number of hydrogen-bond donors (Lipinski definition) is 1. The van der Waals surface area contributed by atoms with Gasteiger partial charge in [0.05, 0.1) is 7.11 Å². The van der Waals surface area contributed by atoms with Crippen LogP contribution in [0.5, 0.6) is 5.75 Å². The first-order valence-electron chi connectivity index (χ1n) is 12.4. The lowest BCUT2D eigenvalue weighted by molar-refractivity contribution is -0.127. The number of ether oxygens (including phenoxy) is 1. The predicted octanol–water partition coefficient (Wildman–Crippen LogP) is 5.06. The van der Waals surface area contributed by atoms with Gasteiger partial charge >= 0.3 is 0 Å². The van der Waals surface area contributed by atoms with Gasteiger partial charge in [0, 0.05) is 37.0 Å². The van der Waals surface area contributed by atoms with Gasteiger partial charge in [-0.3, -0.25) is 9.59 Å². The number of benzene rings is 1. The molecule has 7 heteroatoms. The third-order valence-corrected chi connectivity index (χ3v) is 8.25. The fourth-order valence-corrected chi connectivity index (χ4v) is 6.23. The van der Waals surface area contributed by atoms with Crippen molar-refractivity contribution in [3.63, 3.8) is 0 Å². The Bertz CT molecular complexity index is 1150. The first-order chi connectivity index (χ1) is 16.6. The second-order valence-corrected chi connectivity index (χ2v) is 10.5. The van der Waals surface area contributed by atoms with Crippen molar-refractivity contribution in [2.24, 2.45) is 5.92 Å². The number of aromatic nitrogens is 1. The zero-order valence-electron chi connectivity index (χ0n) is 19.8. The van der Waals surface area contributed by atoms with Gasteiger partial charge in [-0.05, 0) is 60.9 Å². The molecule has 6 nitrogen and oxygen atoms in total. The molecule has 5 rings (SSSR count). The Balaban J connectivity index is 1.27.